The summed E-state index contributed by atoms with van der Waals surface area (Å²) in [5.41, 5.74) is -0.881. The minimum absolute atomic E-state index is 0.104. The Labute approximate surface area is 110 Å². The van der Waals surface area contributed by atoms with Gasteiger partial charge in [0.1, 0.15) is 6.33 Å². The minimum atomic E-state index is -0.881. The molecule has 1 fully saturated rings. The summed E-state index contributed by atoms with van der Waals surface area (Å²) in [6.07, 6.45) is 4.04. The van der Waals surface area contributed by atoms with Crippen molar-refractivity contribution in [3.05, 3.63) is 6.33 Å². The Hall–Kier alpha value is -1.08. The lowest BCUT2D eigenvalue weighted by atomic mass is 10.1. The third-order valence-corrected chi connectivity index (χ3v) is 3.49. The van der Waals surface area contributed by atoms with E-state index in [0.717, 1.165) is 18.0 Å². The van der Waals surface area contributed by atoms with E-state index in [1.807, 2.05) is 4.57 Å². The van der Waals surface area contributed by atoms with Crippen LogP contribution in [0.25, 0.3) is 0 Å². The van der Waals surface area contributed by atoms with Crippen LogP contribution in [-0.2, 0) is 4.79 Å². The number of rotatable bonds is 6. The molecule has 2 N–H and O–H groups in total. The van der Waals surface area contributed by atoms with Crippen molar-refractivity contribution >= 4 is 17.7 Å². The second kappa shape index (κ2) is 5.27. The Morgan fingerprint density at radius 3 is 3.00 bits per heavy atom. The van der Waals surface area contributed by atoms with E-state index in [4.69, 9.17) is 0 Å². The molecule has 0 bridgehead atoms. The van der Waals surface area contributed by atoms with Crippen LogP contribution >= 0.6 is 11.8 Å². The summed E-state index contributed by atoms with van der Waals surface area (Å²) >= 11 is 1.38. The smallest absolute Gasteiger partial charge is 0.230 e. The Kier molecular flexibility index (Phi) is 3.91. The van der Waals surface area contributed by atoms with Gasteiger partial charge in [-0.15, -0.1) is 10.2 Å². The van der Waals surface area contributed by atoms with Crippen LogP contribution in [-0.4, -0.2) is 43.7 Å². The Balaban J connectivity index is 1.77. The highest BCUT2D eigenvalue weighted by molar-refractivity contribution is 7.99. The molecule has 1 aromatic heterocycles. The first-order valence-electron chi connectivity index (χ1n) is 5.97. The first-order chi connectivity index (χ1) is 8.46. The SMILES string of the molecule is CC(C)(O)CNC(=O)CSc1nncn1C1CC1. The fourth-order valence-corrected chi connectivity index (χ4v) is 2.25. The molecule has 0 aromatic carbocycles. The molecule has 1 saturated carbocycles. The maximum absolute atomic E-state index is 11.6. The normalized spacial score (nSPS) is 15.7. The molecule has 2 rings (SSSR count). The van der Waals surface area contributed by atoms with Gasteiger partial charge in [0.05, 0.1) is 11.4 Å². The molecule has 0 atom stereocenters. The number of nitrogens with one attached hydrogen (secondary N) is 1. The van der Waals surface area contributed by atoms with Crippen LogP contribution in [0.15, 0.2) is 11.5 Å². The quantitative estimate of drug-likeness (QED) is 0.740. The summed E-state index contributed by atoms with van der Waals surface area (Å²) in [5, 5.41) is 20.8. The highest BCUT2D eigenvalue weighted by Crippen LogP contribution is 2.37. The van der Waals surface area contributed by atoms with Gasteiger partial charge in [0.2, 0.25) is 5.91 Å². The van der Waals surface area contributed by atoms with Crippen molar-refractivity contribution in [2.24, 2.45) is 0 Å². The van der Waals surface area contributed by atoms with Crippen LogP contribution in [0.5, 0.6) is 0 Å². The number of carbonyl (C=O) groups is 1. The average Bonchev–Trinajstić information content (AvgIpc) is 3.02. The number of amides is 1. The van der Waals surface area contributed by atoms with Gasteiger partial charge < -0.3 is 15.0 Å². The summed E-state index contributed by atoms with van der Waals surface area (Å²) < 4.78 is 2.02. The van der Waals surface area contributed by atoms with Crippen molar-refractivity contribution in [1.29, 1.82) is 0 Å². The molecule has 6 nitrogen and oxygen atoms in total. The molecule has 1 aliphatic carbocycles. The van der Waals surface area contributed by atoms with Crippen LogP contribution in [0.1, 0.15) is 32.7 Å². The van der Waals surface area contributed by atoms with Gasteiger partial charge >= 0.3 is 0 Å². The predicted molar refractivity (Wildman–Crippen MR) is 68.3 cm³/mol. The van der Waals surface area contributed by atoms with Crippen LogP contribution in [0.2, 0.25) is 0 Å². The number of hydrogen-bond donors (Lipinski definition) is 2. The molecule has 1 aromatic rings. The molecule has 0 spiro atoms. The van der Waals surface area contributed by atoms with E-state index in [-0.39, 0.29) is 12.5 Å². The largest absolute Gasteiger partial charge is 0.389 e. The van der Waals surface area contributed by atoms with Crippen molar-refractivity contribution in [2.75, 3.05) is 12.3 Å². The molecule has 0 aliphatic heterocycles. The van der Waals surface area contributed by atoms with Gasteiger partial charge in [0, 0.05) is 12.6 Å². The van der Waals surface area contributed by atoms with E-state index >= 15 is 0 Å². The summed E-state index contributed by atoms with van der Waals surface area (Å²) in [4.78, 5) is 11.6. The summed E-state index contributed by atoms with van der Waals surface area (Å²) in [7, 11) is 0. The molecule has 0 unspecified atom stereocenters. The maximum atomic E-state index is 11.6. The van der Waals surface area contributed by atoms with Gasteiger partial charge in [-0.2, -0.15) is 0 Å². The molecule has 1 aliphatic rings. The zero-order chi connectivity index (χ0) is 13.2. The molecule has 18 heavy (non-hydrogen) atoms. The number of carbonyl (C=O) groups excluding carboxylic acids is 1. The van der Waals surface area contributed by atoms with Crippen molar-refractivity contribution in [2.45, 2.75) is 43.5 Å². The minimum Gasteiger partial charge on any atom is -0.389 e. The molecular weight excluding hydrogens is 252 g/mol. The van der Waals surface area contributed by atoms with Crippen molar-refractivity contribution in [3.8, 4) is 0 Å². The van der Waals surface area contributed by atoms with Gasteiger partial charge in [-0.3, -0.25) is 4.79 Å². The van der Waals surface area contributed by atoms with Crippen LogP contribution < -0.4 is 5.32 Å². The van der Waals surface area contributed by atoms with E-state index in [9.17, 15) is 9.90 Å². The monoisotopic (exact) mass is 270 g/mol. The van der Waals surface area contributed by atoms with E-state index in [2.05, 4.69) is 15.5 Å². The zero-order valence-corrected chi connectivity index (χ0v) is 11.4. The first-order valence-corrected chi connectivity index (χ1v) is 6.96. The van der Waals surface area contributed by atoms with Gasteiger partial charge in [-0.1, -0.05) is 11.8 Å². The lowest BCUT2D eigenvalue weighted by Crippen LogP contribution is -2.38. The fraction of sp³-hybridized carbons (Fsp3) is 0.727. The molecule has 0 radical (unpaired) electrons. The first kappa shape index (κ1) is 13.4. The van der Waals surface area contributed by atoms with Crippen molar-refractivity contribution < 1.29 is 9.90 Å². The summed E-state index contributed by atoms with van der Waals surface area (Å²) in [6.45, 7) is 3.57. The Morgan fingerprint density at radius 2 is 2.39 bits per heavy atom. The topological polar surface area (TPSA) is 80.0 Å². The molecule has 7 heteroatoms. The molecule has 1 amide bonds. The van der Waals surface area contributed by atoms with E-state index < -0.39 is 5.60 Å². The molecule has 100 valence electrons. The van der Waals surface area contributed by atoms with Crippen molar-refractivity contribution in [1.82, 2.24) is 20.1 Å². The van der Waals surface area contributed by atoms with Gasteiger partial charge in [0.25, 0.3) is 0 Å². The third kappa shape index (κ3) is 3.99. The number of nitrogens with zero attached hydrogens (tertiary/aromatic N) is 3. The molecule has 1 heterocycles. The highest BCUT2D eigenvalue weighted by Gasteiger charge is 2.26. The lowest BCUT2D eigenvalue weighted by molar-refractivity contribution is -0.119. The predicted octanol–water partition coefficient (Wildman–Crippen LogP) is 0.592. The highest BCUT2D eigenvalue weighted by atomic mass is 32.2. The standard InChI is InChI=1S/C11H18N4O2S/c1-11(2,17)6-12-9(16)5-18-10-14-13-7-15(10)8-3-4-8/h7-8,17H,3-6H2,1-2H3,(H,12,16). The van der Waals surface area contributed by atoms with Gasteiger partial charge in [-0.05, 0) is 26.7 Å². The second-order valence-corrected chi connectivity index (χ2v) is 6.07. The Morgan fingerprint density at radius 1 is 1.67 bits per heavy atom. The maximum Gasteiger partial charge on any atom is 0.230 e. The number of thioether (sulfide) groups is 1. The van der Waals surface area contributed by atoms with E-state index in [0.29, 0.717) is 11.8 Å². The van der Waals surface area contributed by atoms with E-state index in [1.165, 1.54) is 11.8 Å². The number of aromatic nitrogens is 3. The fourth-order valence-electron chi connectivity index (χ4n) is 1.43. The zero-order valence-electron chi connectivity index (χ0n) is 10.6. The van der Waals surface area contributed by atoms with Crippen LogP contribution in [0.3, 0.4) is 0 Å². The van der Waals surface area contributed by atoms with Crippen LogP contribution in [0, 0.1) is 0 Å². The average molecular weight is 270 g/mol. The van der Waals surface area contributed by atoms with E-state index in [1.54, 1.807) is 20.2 Å². The summed E-state index contributed by atoms with van der Waals surface area (Å²) in [6, 6.07) is 0.516. The van der Waals surface area contributed by atoms with Crippen molar-refractivity contribution in [3.63, 3.8) is 0 Å². The molecule has 0 saturated heterocycles. The molecular formula is C11H18N4O2S. The van der Waals surface area contributed by atoms with Crippen LogP contribution in [0.4, 0.5) is 0 Å². The number of hydrogen-bond acceptors (Lipinski definition) is 5. The van der Waals surface area contributed by atoms with Gasteiger partial charge in [-0.25, -0.2) is 0 Å². The van der Waals surface area contributed by atoms with Gasteiger partial charge in [0.15, 0.2) is 5.16 Å². The third-order valence-electron chi connectivity index (χ3n) is 2.53. The number of aliphatic hydroxyl groups is 1. The lowest BCUT2D eigenvalue weighted by Gasteiger charge is -2.17. The second-order valence-electron chi connectivity index (χ2n) is 5.13. The Bertz CT molecular complexity index is 423. The summed E-state index contributed by atoms with van der Waals surface area (Å²) in [5.74, 6) is 0.189.